The second kappa shape index (κ2) is 7.51. The first-order valence-corrected chi connectivity index (χ1v) is 7.94. The van der Waals surface area contributed by atoms with Gasteiger partial charge in [0.1, 0.15) is 10.7 Å². The first-order valence-electron chi connectivity index (χ1n) is 6.50. The predicted molar refractivity (Wildman–Crippen MR) is 80.4 cm³/mol. The highest BCUT2D eigenvalue weighted by atomic mass is 35.5. The molecule has 2 rings (SSSR count). The zero-order chi connectivity index (χ0) is 14.8. The van der Waals surface area contributed by atoms with E-state index in [-0.39, 0.29) is 42.5 Å². The SMILES string of the molecule is COC1CCN(S(=O)(=O)c2ccccc2F)C(CN)C1.Cl. The van der Waals surface area contributed by atoms with E-state index in [1.165, 1.54) is 22.5 Å². The van der Waals surface area contributed by atoms with E-state index in [4.69, 9.17) is 10.5 Å². The maximum atomic E-state index is 13.8. The topological polar surface area (TPSA) is 72.6 Å². The monoisotopic (exact) mass is 338 g/mol. The van der Waals surface area contributed by atoms with E-state index in [2.05, 4.69) is 0 Å². The van der Waals surface area contributed by atoms with Crippen molar-refractivity contribution in [2.75, 3.05) is 20.2 Å². The summed E-state index contributed by atoms with van der Waals surface area (Å²) < 4.78 is 45.4. The van der Waals surface area contributed by atoms with E-state index in [0.717, 1.165) is 6.07 Å². The Hall–Kier alpha value is -0.730. The van der Waals surface area contributed by atoms with Crippen LogP contribution in [0.25, 0.3) is 0 Å². The number of sulfonamides is 1. The average Bonchev–Trinajstić information content (AvgIpc) is 2.46. The maximum absolute atomic E-state index is 13.8. The van der Waals surface area contributed by atoms with Gasteiger partial charge in [0, 0.05) is 26.2 Å². The number of hydrogen-bond acceptors (Lipinski definition) is 4. The molecule has 0 aromatic heterocycles. The molecule has 0 aliphatic carbocycles. The number of halogens is 2. The van der Waals surface area contributed by atoms with Crippen LogP contribution in [0, 0.1) is 5.82 Å². The average molecular weight is 339 g/mol. The third-order valence-electron chi connectivity index (χ3n) is 3.64. The highest BCUT2D eigenvalue weighted by Crippen LogP contribution is 2.27. The quantitative estimate of drug-likeness (QED) is 0.900. The lowest BCUT2D eigenvalue weighted by Crippen LogP contribution is -2.51. The molecule has 1 aromatic rings. The van der Waals surface area contributed by atoms with E-state index in [0.29, 0.717) is 12.8 Å². The number of piperidine rings is 1. The minimum atomic E-state index is -3.86. The van der Waals surface area contributed by atoms with Gasteiger partial charge in [0.05, 0.1) is 6.10 Å². The first kappa shape index (κ1) is 18.3. The van der Waals surface area contributed by atoms with E-state index in [1.807, 2.05) is 0 Å². The molecule has 1 aromatic carbocycles. The van der Waals surface area contributed by atoms with Crippen LogP contribution in [0.2, 0.25) is 0 Å². The van der Waals surface area contributed by atoms with Crippen molar-refractivity contribution >= 4 is 22.4 Å². The maximum Gasteiger partial charge on any atom is 0.246 e. The molecule has 1 aliphatic rings. The molecule has 120 valence electrons. The standard InChI is InChI=1S/C13H19FN2O3S.ClH/c1-19-11-6-7-16(10(8-11)9-15)20(17,18)13-5-3-2-4-12(13)14;/h2-5,10-11H,6-9,15H2,1H3;1H. The summed E-state index contributed by atoms with van der Waals surface area (Å²) in [4.78, 5) is -0.297. The Morgan fingerprint density at radius 2 is 2.10 bits per heavy atom. The van der Waals surface area contributed by atoms with Gasteiger partial charge >= 0.3 is 0 Å². The van der Waals surface area contributed by atoms with Gasteiger partial charge in [-0.25, -0.2) is 12.8 Å². The van der Waals surface area contributed by atoms with Gasteiger partial charge in [0.15, 0.2) is 0 Å². The fraction of sp³-hybridized carbons (Fsp3) is 0.538. The molecule has 0 amide bonds. The van der Waals surface area contributed by atoms with Crippen molar-refractivity contribution in [2.24, 2.45) is 5.73 Å². The van der Waals surface area contributed by atoms with Crippen LogP contribution in [0.1, 0.15) is 12.8 Å². The summed E-state index contributed by atoms with van der Waals surface area (Å²) in [5.74, 6) is -0.739. The van der Waals surface area contributed by atoms with Gasteiger partial charge < -0.3 is 10.5 Å². The molecule has 0 spiro atoms. The van der Waals surface area contributed by atoms with E-state index >= 15 is 0 Å². The molecule has 21 heavy (non-hydrogen) atoms. The number of hydrogen-bond donors (Lipinski definition) is 1. The molecule has 0 bridgehead atoms. The van der Waals surface area contributed by atoms with Crippen molar-refractivity contribution in [3.8, 4) is 0 Å². The number of rotatable bonds is 4. The molecule has 2 N–H and O–H groups in total. The highest BCUT2D eigenvalue weighted by Gasteiger charge is 2.37. The Balaban J connectivity index is 0.00000220. The zero-order valence-corrected chi connectivity index (χ0v) is 13.4. The molecule has 0 saturated carbocycles. The number of benzene rings is 1. The molecule has 1 fully saturated rings. The third-order valence-corrected chi connectivity index (χ3v) is 5.63. The molecule has 2 atom stereocenters. The Labute approximate surface area is 130 Å². The van der Waals surface area contributed by atoms with Crippen LogP contribution in [-0.4, -0.2) is 45.1 Å². The van der Waals surface area contributed by atoms with Crippen LogP contribution in [0.3, 0.4) is 0 Å². The van der Waals surface area contributed by atoms with Gasteiger partial charge in [-0.05, 0) is 25.0 Å². The van der Waals surface area contributed by atoms with E-state index in [9.17, 15) is 12.8 Å². The van der Waals surface area contributed by atoms with Gasteiger partial charge in [-0.2, -0.15) is 4.31 Å². The summed E-state index contributed by atoms with van der Waals surface area (Å²) >= 11 is 0. The lowest BCUT2D eigenvalue weighted by Gasteiger charge is -2.37. The Bertz CT molecular complexity index is 570. The van der Waals surface area contributed by atoms with Gasteiger partial charge in [0.2, 0.25) is 10.0 Å². The highest BCUT2D eigenvalue weighted by molar-refractivity contribution is 7.89. The second-order valence-corrected chi connectivity index (χ2v) is 6.68. The summed E-state index contributed by atoms with van der Waals surface area (Å²) in [6, 6.07) is 5.03. The van der Waals surface area contributed by atoms with Crippen LogP contribution in [0.4, 0.5) is 4.39 Å². The van der Waals surface area contributed by atoms with Gasteiger partial charge in [-0.1, -0.05) is 12.1 Å². The fourth-order valence-corrected chi connectivity index (χ4v) is 4.25. The molecular formula is C13H20ClFN2O3S. The normalized spacial score (nSPS) is 23.6. The van der Waals surface area contributed by atoms with Gasteiger partial charge in [0.25, 0.3) is 0 Å². The van der Waals surface area contributed by atoms with Gasteiger partial charge in [-0.15, -0.1) is 12.4 Å². The van der Waals surface area contributed by atoms with Crippen molar-refractivity contribution in [1.82, 2.24) is 4.31 Å². The van der Waals surface area contributed by atoms with Crippen LogP contribution < -0.4 is 5.73 Å². The Morgan fingerprint density at radius 1 is 1.43 bits per heavy atom. The van der Waals surface area contributed by atoms with Crippen molar-refractivity contribution in [3.05, 3.63) is 30.1 Å². The molecular weight excluding hydrogens is 319 g/mol. The predicted octanol–water partition coefficient (Wildman–Crippen LogP) is 1.37. The van der Waals surface area contributed by atoms with Crippen LogP contribution >= 0.6 is 12.4 Å². The number of ether oxygens (including phenoxy) is 1. The minimum Gasteiger partial charge on any atom is -0.381 e. The smallest absolute Gasteiger partial charge is 0.246 e. The third kappa shape index (κ3) is 3.73. The molecule has 1 heterocycles. The second-order valence-electron chi connectivity index (χ2n) is 4.82. The summed E-state index contributed by atoms with van der Waals surface area (Å²) in [6.45, 7) is 0.477. The molecule has 8 heteroatoms. The lowest BCUT2D eigenvalue weighted by molar-refractivity contribution is 0.0401. The summed E-state index contributed by atoms with van der Waals surface area (Å²) in [6.07, 6.45) is 1.11. The van der Waals surface area contributed by atoms with Crippen LogP contribution in [-0.2, 0) is 14.8 Å². The van der Waals surface area contributed by atoms with Gasteiger partial charge in [-0.3, -0.25) is 0 Å². The van der Waals surface area contributed by atoms with Crippen LogP contribution in [0.15, 0.2) is 29.2 Å². The van der Waals surface area contributed by atoms with Crippen molar-refractivity contribution in [2.45, 2.75) is 29.9 Å². The molecule has 5 nitrogen and oxygen atoms in total. The molecule has 1 aliphatic heterocycles. The first-order chi connectivity index (χ1) is 9.50. The summed E-state index contributed by atoms with van der Waals surface area (Å²) in [7, 11) is -2.27. The molecule has 1 saturated heterocycles. The largest absolute Gasteiger partial charge is 0.381 e. The number of nitrogens with two attached hydrogens (primary N) is 1. The van der Waals surface area contributed by atoms with Crippen molar-refractivity contribution in [1.29, 1.82) is 0 Å². The van der Waals surface area contributed by atoms with Crippen LogP contribution in [0.5, 0.6) is 0 Å². The number of nitrogens with zero attached hydrogens (tertiary/aromatic N) is 1. The molecule has 0 radical (unpaired) electrons. The van der Waals surface area contributed by atoms with E-state index in [1.54, 1.807) is 7.11 Å². The summed E-state index contributed by atoms with van der Waals surface area (Å²) in [5.41, 5.74) is 5.67. The zero-order valence-electron chi connectivity index (χ0n) is 11.7. The Kier molecular flexibility index (Phi) is 6.55. The molecule has 2 unspecified atom stereocenters. The van der Waals surface area contributed by atoms with Crippen molar-refractivity contribution in [3.63, 3.8) is 0 Å². The number of methoxy groups -OCH3 is 1. The fourth-order valence-electron chi connectivity index (χ4n) is 2.52. The van der Waals surface area contributed by atoms with Crippen molar-refractivity contribution < 1.29 is 17.5 Å². The Morgan fingerprint density at radius 3 is 2.67 bits per heavy atom. The van der Waals surface area contributed by atoms with E-state index < -0.39 is 15.8 Å². The summed E-state index contributed by atoms with van der Waals surface area (Å²) in [5, 5.41) is 0. The minimum absolute atomic E-state index is 0. The lowest BCUT2D eigenvalue weighted by atomic mass is 10.0.